The average molecular weight is 265 g/mol. The molecule has 1 aliphatic heterocycles. The summed E-state index contributed by atoms with van der Waals surface area (Å²) in [6.45, 7) is 4.10. The first-order valence-electron chi connectivity index (χ1n) is 7.49. The molecule has 20 heavy (non-hydrogen) atoms. The number of nitrogens with one attached hydrogen (secondary N) is 1. The van der Waals surface area contributed by atoms with E-state index in [1.807, 2.05) is 0 Å². The standard InChI is InChI=1S/C17H19N3/c1-11-4-2-3-5-13(11)17-19-15-8-9-18-10-14(15)16(20-17)12-6-7-12/h2-5,12,18H,6-10H2,1H3. The number of hydrogen-bond acceptors (Lipinski definition) is 3. The molecule has 3 heteroatoms. The van der Waals surface area contributed by atoms with Gasteiger partial charge in [-0.3, -0.25) is 0 Å². The predicted octanol–water partition coefficient (Wildman–Crippen LogP) is 2.98. The SMILES string of the molecule is Cc1ccccc1-c1nc2c(c(C3CC3)n1)CNCC2. The summed E-state index contributed by atoms with van der Waals surface area (Å²) in [4.78, 5) is 9.79. The first-order valence-corrected chi connectivity index (χ1v) is 7.49. The summed E-state index contributed by atoms with van der Waals surface area (Å²) in [6.07, 6.45) is 3.60. The minimum absolute atomic E-state index is 0.675. The Morgan fingerprint density at radius 1 is 1.15 bits per heavy atom. The summed E-state index contributed by atoms with van der Waals surface area (Å²) in [5, 5.41) is 3.45. The highest BCUT2D eigenvalue weighted by molar-refractivity contribution is 5.60. The molecule has 0 atom stereocenters. The van der Waals surface area contributed by atoms with E-state index >= 15 is 0 Å². The largest absolute Gasteiger partial charge is 0.312 e. The van der Waals surface area contributed by atoms with E-state index < -0.39 is 0 Å². The van der Waals surface area contributed by atoms with Crippen LogP contribution in [0.5, 0.6) is 0 Å². The Bertz CT molecular complexity index is 659. The van der Waals surface area contributed by atoms with Crippen LogP contribution in [0.2, 0.25) is 0 Å². The molecule has 102 valence electrons. The Labute approximate surface area is 119 Å². The second-order valence-electron chi connectivity index (χ2n) is 5.87. The summed E-state index contributed by atoms with van der Waals surface area (Å²) in [7, 11) is 0. The molecular weight excluding hydrogens is 246 g/mol. The van der Waals surface area contributed by atoms with Gasteiger partial charge in [0.25, 0.3) is 0 Å². The molecule has 1 fully saturated rings. The van der Waals surface area contributed by atoms with Crippen LogP contribution in [-0.2, 0) is 13.0 Å². The zero-order valence-corrected chi connectivity index (χ0v) is 11.8. The molecule has 1 saturated carbocycles. The van der Waals surface area contributed by atoms with E-state index in [-0.39, 0.29) is 0 Å². The molecule has 2 aromatic rings. The van der Waals surface area contributed by atoms with Gasteiger partial charge in [-0.25, -0.2) is 9.97 Å². The van der Waals surface area contributed by atoms with Crippen LogP contribution >= 0.6 is 0 Å². The van der Waals surface area contributed by atoms with Gasteiger partial charge < -0.3 is 5.32 Å². The quantitative estimate of drug-likeness (QED) is 0.907. The minimum Gasteiger partial charge on any atom is -0.312 e. The fraction of sp³-hybridized carbons (Fsp3) is 0.412. The van der Waals surface area contributed by atoms with Crippen molar-refractivity contribution < 1.29 is 0 Å². The molecule has 0 radical (unpaired) electrons. The molecule has 2 heterocycles. The van der Waals surface area contributed by atoms with Crippen molar-refractivity contribution in [2.75, 3.05) is 6.54 Å². The number of hydrogen-bond donors (Lipinski definition) is 1. The molecule has 0 spiro atoms. The molecule has 3 nitrogen and oxygen atoms in total. The molecule has 0 unspecified atom stereocenters. The molecule has 4 rings (SSSR count). The minimum atomic E-state index is 0.675. The van der Waals surface area contributed by atoms with Gasteiger partial charge in [0, 0.05) is 36.6 Å². The third-order valence-corrected chi connectivity index (χ3v) is 4.32. The average Bonchev–Trinajstić information content (AvgIpc) is 3.31. The Morgan fingerprint density at radius 3 is 2.80 bits per heavy atom. The highest BCUT2D eigenvalue weighted by atomic mass is 15.0. The van der Waals surface area contributed by atoms with Gasteiger partial charge >= 0.3 is 0 Å². The maximum Gasteiger partial charge on any atom is 0.159 e. The van der Waals surface area contributed by atoms with Gasteiger partial charge in [0.2, 0.25) is 0 Å². The van der Waals surface area contributed by atoms with Crippen molar-refractivity contribution in [3.05, 3.63) is 46.8 Å². The number of aryl methyl sites for hydroxylation is 1. The summed E-state index contributed by atoms with van der Waals surface area (Å²) >= 11 is 0. The van der Waals surface area contributed by atoms with Crippen LogP contribution in [0.15, 0.2) is 24.3 Å². The zero-order chi connectivity index (χ0) is 13.5. The Kier molecular flexibility index (Phi) is 2.81. The number of aromatic nitrogens is 2. The van der Waals surface area contributed by atoms with Gasteiger partial charge in [0.15, 0.2) is 5.82 Å². The lowest BCUT2D eigenvalue weighted by Gasteiger charge is -2.20. The Morgan fingerprint density at radius 2 is 2.00 bits per heavy atom. The second-order valence-corrected chi connectivity index (χ2v) is 5.87. The van der Waals surface area contributed by atoms with E-state index in [0.717, 1.165) is 25.3 Å². The van der Waals surface area contributed by atoms with Crippen LogP contribution in [0.3, 0.4) is 0 Å². The van der Waals surface area contributed by atoms with Crippen molar-refractivity contribution in [1.82, 2.24) is 15.3 Å². The van der Waals surface area contributed by atoms with Gasteiger partial charge in [0.05, 0.1) is 11.4 Å². The van der Waals surface area contributed by atoms with Crippen LogP contribution in [-0.4, -0.2) is 16.5 Å². The molecule has 1 N–H and O–H groups in total. The molecule has 0 amide bonds. The monoisotopic (exact) mass is 265 g/mol. The molecular formula is C17H19N3. The number of nitrogens with zero attached hydrogens (tertiary/aromatic N) is 2. The summed E-state index contributed by atoms with van der Waals surface area (Å²) < 4.78 is 0. The second kappa shape index (κ2) is 4.67. The lowest BCUT2D eigenvalue weighted by Crippen LogP contribution is -2.26. The van der Waals surface area contributed by atoms with Crippen LogP contribution in [0.4, 0.5) is 0 Å². The van der Waals surface area contributed by atoms with Crippen molar-refractivity contribution in [3.63, 3.8) is 0 Å². The predicted molar refractivity (Wildman–Crippen MR) is 79.6 cm³/mol. The van der Waals surface area contributed by atoms with Crippen molar-refractivity contribution in [2.45, 2.75) is 38.6 Å². The van der Waals surface area contributed by atoms with E-state index in [9.17, 15) is 0 Å². The van der Waals surface area contributed by atoms with Crippen molar-refractivity contribution >= 4 is 0 Å². The van der Waals surface area contributed by atoms with Crippen molar-refractivity contribution in [1.29, 1.82) is 0 Å². The van der Waals surface area contributed by atoms with Gasteiger partial charge in [-0.05, 0) is 25.3 Å². The first kappa shape index (κ1) is 12.0. The summed E-state index contributed by atoms with van der Waals surface area (Å²) in [5.74, 6) is 1.60. The normalized spacial score (nSPS) is 17.9. The van der Waals surface area contributed by atoms with Crippen molar-refractivity contribution in [2.24, 2.45) is 0 Å². The first-order chi connectivity index (χ1) is 9.83. The van der Waals surface area contributed by atoms with Crippen LogP contribution < -0.4 is 5.32 Å². The van der Waals surface area contributed by atoms with E-state index in [1.165, 1.54) is 40.9 Å². The summed E-state index contributed by atoms with van der Waals surface area (Å²) in [6, 6.07) is 8.41. The molecule has 2 aliphatic rings. The van der Waals surface area contributed by atoms with E-state index in [0.29, 0.717) is 5.92 Å². The summed E-state index contributed by atoms with van der Waals surface area (Å²) in [5.41, 5.74) is 6.37. The van der Waals surface area contributed by atoms with Crippen LogP contribution in [0.1, 0.15) is 41.3 Å². The molecule has 1 aromatic heterocycles. The fourth-order valence-corrected chi connectivity index (χ4v) is 3.01. The topological polar surface area (TPSA) is 37.8 Å². The maximum atomic E-state index is 4.93. The van der Waals surface area contributed by atoms with Gasteiger partial charge in [0.1, 0.15) is 0 Å². The van der Waals surface area contributed by atoms with Crippen LogP contribution in [0.25, 0.3) is 11.4 Å². The lowest BCUT2D eigenvalue weighted by molar-refractivity contribution is 0.617. The fourth-order valence-electron chi connectivity index (χ4n) is 3.01. The van der Waals surface area contributed by atoms with Crippen LogP contribution in [0, 0.1) is 6.92 Å². The highest BCUT2D eigenvalue weighted by Crippen LogP contribution is 2.42. The van der Waals surface area contributed by atoms with E-state index in [4.69, 9.17) is 9.97 Å². The van der Waals surface area contributed by atoms with Gasteiger partial charge in [-0.2, -0.15) is 0 Å². The highest BCUT2D eigenvalue weighted by Gasteiger charge is 2.30. The Hall–Kier alpha value is -1.74. The number of rotatable bonds is 2. The molecule has 1 aliphatic carbocycles. The number of fused-ring (bicyclic) bond motifs is 1. The number of benzene rings is 1. The third-order valence-electron chi connectivity index (χ3n) is 4.32. The molecule has 0 saturated heterocycles. The van der Waals surface area contributed by atoms with Gasteiger partial charge in [-0.15, -0.1) is 0 Å². The zero-order valence-electron chi connectivity index (χ0n) is 11.8. The molecule has 1 aromatic carbocycles. The Balaban J connectivity index is 1.88. The lowest BCUT2D eigenvalue weighted by atomic mass is 10.0. The maximum absolute atomic E-state index is 4.93. The van der Waals surface area contributed by atoms with E-state index in [1.54, 1.807) is 0 Å². The van der Waals surface area contributed by atoms with Gasteiger partial charge in [-0.1, -0.05) is 24.3 Å². The van der Waals surface area contributed by atoms with E-state index in [2.05, 4.69) is 36.5 Å². The third kappa shape index (κ3) is 2.02. The van der Waals surface area contributed by atoms with Crippen molar-refractivity contribution in [3.8, 4) is 11.4 Å². The molecule has 0 bridgehead atoms. The smallest absolute Gasteiger partial charge is 0.159 e.